The van der Waals surface area contributed by atoms with Gasteiger partial charge in [0.2, 0.25) is 5.82 Å². The molecule has 1 aromatic heterocycles. The van der Waals surface area contributed by atoms with Gasteiger partial charge in [-0.25, -0.2) is 4.98 Å². The van der Waals surface area contributed by atoms with Gasteiger partial charge in [-0.2, -0.15) is 0 Å². The van der Waals surface area contributed by atoms with Crippen LogP contribution in [0.1, 0.15) is 34.8 Å². The summed E-state index contributed by atoms with van der Waals surface area (Å²) in [5, 5.41) is 13.8. The van der Waals surface area contributed by atoms with Gasteiger partial charge in [-0.1, -0.05) is 18.2 Å². The van der Waals surface area contributed by atoms with Crippen LogP contribution in [0.4, 0.5) is 11.5 Å². The topological polar surface area (TPSA) is 120 Å². The third-order valence-electron chi connectivity index (χ3n) is 3.85. The number of aromatic nitrogens is 1. The Morgan fingerprint density at radius 3 is 3.00 bits per heavy atom. The van der Waals surface area contributed by atoms with E-state index in [0.717, 1.165) is 23.8 Å². The molecule has 0 saturated heterocycles. The normalized spacial score (nSPS) is 16.4. The minimum atomic E-state index is -0.659. The summed E-state index contributed by atoms with van der Waals surface area (Å²) in [5.74, 6) is 0.0822. The van der Waals surface area contributed by atoms with Gasteiger partial charge in [0.05, 0.1) is 23.1 Å². The Kier molecular flexibility index (Phi) is 4.28. The summed E-state index contributed by atoms with van der Waals surface area (Å²) < 4.78 is 5.66. The zero-order valence-corrected chi connectivity index (χ0v) is 12.8. The highest BCUT2D eigenvalue weighted by Gasteiger charge is 2.23. The van der Waals surface area contributed by atoms with Gasteiger partial charge < -0.3 is 15.8 Å². The summed E-state index contributed by atoms with van der Waals surface area (Å²) in [6.45, 7) is 0.582. The molecule has 0 saturated carbocycles. The maximum atomic E-state index is 12.5. The Morgan fingerprint density at radius 1 is 1.42 bits per heavy atom. The Hall–Kier alpha value is -3.16. The van der Waals surface area contributed by atoms with Crippen LogP contribution in [-0.4, -0.2) is 22.4 Å². The molecule has 2 heterocycles. The van der Waals surface area contributed by atoms with Gasteiger partial charge in [0.25, 0.3) is 5.91 Å². The van der Waals surface area contributed by atoms with Crippen molar-refractivity contribution >= 4 is 17.4 Å². The summed E-state index contributed by atoms with van der Waals surface area (Å²) in [5.41, 5.74) is 6.06. The first-order chi connectivity index (χ1) is 11.6. The number of benzene rings is 1. The average Bonchev–Trinajstić information content (AvgIpc) is 2.77. The molecular formula is C16H16N4O4. The highest BCUT2D eigenvalue weighted by atomic mass is 16.6. The molecule has 8 heteroatoms. The second-order valence-corrected chi connectivity index (χ2v) is 5.44. The maximum Gasteiger partial charge on any atom is 0.311 e. The van der Waals surface area contributed by atoms with Crippen molar-refractivity contribution in [1.29, 1.82) is 0 Å². The first-order valence-corrected chi connectivity index (χ1v) is 7.49. The fraction of sp³-hybridized carbons (Fsp3) is 0.250. The number of anilines is 1. The van der Waals surface area contributed by atoms with Crippen molar-refractivity contribution in [3.05, 3.63) is 57.8 Å². The van der Waals surface area contributed by atoms with Crippen molar-refractivity contribution in [3.63, 3.8) is 0 Å². The van der Waals surface area contributed by atoms with Gasteiger partial charge in [0, 0.05) is 17.8 Å². The van der Waals surface area contributed by atoms with Crippen molar-refractivity contribution in [1.82, 2.24) is 10.3 Å². The van der Waals surface area contributed by atoms with Crippen LogP contribution >= 0.6 is 0 Å². The summed E-state index contributed by atoms with van der Waals surface area (Å²) in [6, 6.07) is 8.41. The number of hydrogen-bond acceptors (Lipinski definition) is 6. The number of nitrogens with one attached hydrogen (secondary N) is 1. The lowest BCUT2D eigenvalue weighted by Crippen LogP contribution is -2.28. The van der Waals surface area contributed by atoms with Gasteiger partial charge in [-0.15, -0.1) is 0 Å². The quantitative estimate of drug-likeness (QED) is 0.658. The molecular weight excluding hydrogens is 312 g/mol. The fourth-order valence-corrected chi connectivity index (χ4v) is 2.65. The lowest BCUT2D eigenvalue weighted by Gasteiger charge is -2.18. The van der Waals surface area contributed by atoms with E-state index >= 15 is 0 Å². The lowest BCUT2D eigenvalue weighted by molar-refractivity contribution is -0.384. The van der Waals surface area contributed by atoms with E-state index in [1.807, 2.05) is 24.3 Å². The van der Waals surface area contributed by atoms with E-state index in [2.05, 4.69) is 10.3 Å². The standard InChI is InChI=1S/C16H16N4O4/c17-15-13(20(22)23)8-10(9-18-15)16(21)19-12-5-3-7-24-14-6-2-1-4-11(12)14/h1-2,4,6,8-9,12H,3,5,7H2,(H2,17,18)(H,19,21)/t12-/m0/s1. The van der Waals surface area contributed by atoms with Crippen LogP contribution in [0.25, 0.3) is 0 Å². The molecule has 124 valence electrons. The molecule has 0 unspecified atom stereocenters. The summed E-state index contributed by atoms with van der Waals surface area (Å²) in [6.07, 6.45) is 2.74. The fourth-order valence-electron chi connectivity index (χ4n) is 2.65. The largest absolute Gasteiger partial charge is 0.493 e. The van der Waals surface area contributed by atoms with E-state index in [4.69, 9.17) is 10.5 Å². The summed E-state index contributed by atoms with van der Waals surface area (Å²) >= 11 is 0. The number of nitrogens with zero attached hydrogens (tertiary/aromatic N) is 2. The molecule has 8 nitrogen and oxygen atoms in total. The Balaban J connectivity index is 1.85. The van der Waals surface area contributed by atoms with E-state index in [1.54, 1.807) is 0 Å². The lowest BCUT2D eigenvalue weighted by atomic mass is 10.0. The van der Waals surface area contributed by atoms with Crippen molar-refractivity contribution in [3.8, 4) is 5.75 Å². The number of ether oxygens (including phenoxy) is 1. The van der Waals surface area contributed by atoms with Crippen molar-refractivity contribution < 1.29 is 14.5 Å². The van der Waals surface area contributed by atoms with Crippen LogP contribution in [0, 0.1) is 10.1 Å². The number of carbonyl (C=O) groups excluding carboxylic acids is 1. The molecule has 0 radical (unpaired) electrons. The highest BCUT2D eigenvalue weighted by molar-refractivity contribution is 5.95. The number of nitrogens with two attached hydrogens (primary N) is 1. The maximum absolute atomic E-state index is 12.5. The second-order valence-electron chi connectivity index (χ2n) is 5.44. The van der Waals surface area contributed by atoms with Crippen molar-refractivity contribution in [2.24, 2.45) is 0 Å². The van der Waals surface area contributed by atoms with Gasteiger partial charge in [0.1, 0.15) is 5.75 Å². The number of nitrogen functional groups attached to an aromatic ring is 1. The Morgan fingerprint density at radius 2 is 2.21 bits per heavy atom. The molecule has 1 amide bonds. The first-order valence-electron chi connectivity index (χ1n) is 7.49. The SMILES string of the molecule is Nc1ncc(C(=O)N[C@H]2CCCOc3ccccc32)cc1[N+](=O)[O-]. The average molecular weight is 328 g/mol. The van der Waals surface area contributed by atoms with Crippen molar-refractivity contribution in [2.75, 3.05) is 12.3 Å². The Labute approximate surface area is 137 Å². The number of pyridine rings is 1. The molecule has 1 atom stereocenters. The van der Waals surface area contributed by atoms with E-state index in [9.17, 15) is 14.9 Å². The molecule has 3 N–H and O–H groups in total. The van der Waals surface area contributed by atoms with Crippen molar-refractivity contribution in [2.45, 2.75) is 18.9 Å². The number of hydrogen-bond donors (Lipinski definition) is 2. The van der Waals surface area contributed by atoms with Crippen LogP contribution in [-0.2, 0) is 0 Å². The zero-order chi connectivity index (χ0) is 17.1. The first kappa shape index (κ1) is 15.7. The molecule has 0 aliphatic carbocycles. The van der Waals surface area contributed by atoms with Gasteiger partial charge >= 0.3 is 5.69 Å². The van der Waals surface area contributed by atoms with Gasteiger partial charge in [-0.3, -0.25) is 14.9 Å². The Bertz CT molecular complexity index is 793. The molecule has 1 aromatic carbocycles. The zero-order valence-electron chi connectivity index (χ0n) is 12.8. The number of carbonyl (C=O) groups is 1. The van der Waals surface area contributed by atoms with Gasteiger partial charge in [0.15, 0.2) is 0 Å². The predicted octanol–water partition coefficient (Wildman–Crippen LogP) is 2.22. The molecule has 24 heavy (non-hydrogen) atoms. The predicted molar refractivity (Wildman–Crippen MR) is 86.7 cm³/mol. The molecule has 0 fully saturated rings. The molecule has 3 rings (SSSR count). The minimum absolute atomic E-state index is 0.0959. The summed E-state index contributed by atoms with van der Waals surface area (Å²) in [7, 11) is 0. The molecule has 0 spiro atoms. The number of para-hydroxylation sites is 1. The summed E-state index contributed by atoms with van der Waals surface area (Å²) in [4.78, 5) is 26.5. The minimum Gasteiger partial charge on any atom is -0.493 e. The number of rotatable bonds is 3. The third-order valence-corrected chi connectivity index (χ3v) is 3.85. The van der Waals surface area contributed by atoms with Crippen LogP contribution < -0.4 is 15.8 Å². The third kappa shape index (κ3) is 3.12. The van der Waals surface area contributed by atoms with E-state index in [1.165, 1.54) is 6.20 Å². The van der Waals surface area contributed by atoms with E-state index in [-0.39, 0.29) is 23.1 Å². The number of fused-ring (bicyclic) bond motifs is 1. The highest BCUT2D eigenvalue weighted by Crippen LogP contribution is 2.31. The van der Waals surface area contributed by atoms with E-state index < -0.39 is 10.8 Å². The van der Waals surface area contributed by atoms with Gasteiger partial charge in [-0.05, 0) is 18.9 Å². The number of nitro groups is 1. The second kappa shape index (κ2) is 6.53. The van der Waals surface area contributed by atoms with Crippen LogP contribution in [0.3, 0.4) is 0 Å². The molecule has 0 bridgehead atoms. The molecule has 1 aliphatic rings. The van der Waals surface area contributed by atoms with Crippen LogP contribution in [0.5, 0.6) is 5.75 Å². The molecule has 1 aliphatic heterocycles. The molecule has 2 aromatic rings. The van der Waals surface area contributed by atoms with Crippen LogP contribution in [0.2, 0.25) is 0 Å². The van der Waals surface area contributed by atoms with Crippen LogP contribution in [0.15, 0.2) is 36.5 Å². The monoisotopic (exact) mass is 328 g/mol. The smallest absolute Gasteiger partial charge is 0.311 e. The number of amides is 1. The van der Waals surface area contributed by atoms with E-state index in [0.29, 0.717) is 13.0 Å².